The summed E-state index contributed by atoms with van der Waals surface area (Å²) in [7, 11) is 4.12. The van der Waals surface area contributed by atoms with E-state index in [1.807, 2.05) is 0 Å². The van der Waals surface area contributed by atoms with Crippen LogP contribution in [0.15, 0.2) is 5.38 Å². The first-order valence-electron chi connectivity index (χ1n) is 5.91. The van der Waals surface area contributed by atoms with E-state index in [1.54, 1.807) is 22.7 Å². The number of nitrogens with zero attached hydrogens (tertiary/aromatic N) is 3. The molecule has 0 aromatic carbocycles. The van der Waals surface area contributed by atoms with Gasteiger partial charge in [-0.15, -0.1) is 22.7 Å². The summed E-state index contributed by atoms with van der Waals surface area (Å²) in [6.45, 7) is 5.92. The Morgan fingerprint density at radius 2 is 2.11 bits per heavy atom. The first-order chi connectivity index (χ1) is 8.60. The molecule has 1 N–H and O–H groups in total. The van der Waals surface area contributed by atoms with E-state index in [-0.39, 0.29) is 0 Å². The fourth-order valence-corrected chi connectivity index (χ4v) is 3.63. The van der Waals surface area contributed by atoms with E-state index < -0.39 is 0 Å². The molecule has 0 aliphatic heterocycles. The van der Waals surface area contributed by atoms with Gasteiger partial charge in [-0.3, -0.25) is 0 Å². The summed E-state index contributed by atoms with van der Waals surface area (Å²) < 4.78 is 0. The van der Waals surface area contributed by atoms with Crippen LogP contribution < -0.4 is 5.32 Å². The molecule has 0 saturated carbocycles. The quantitative estimate of drug-likeness (QED) is 0.915. The maximum absolute atomic E-state index is 4.60. The van der Waals surface area contributed by atoms with Gasteiger partial charge in [0.05, 0.1) is 16.3 Å². The van der Waals surface area contributed by atoms with Crippen LogP contribution in [-0.4, -0.2) is 35.5 Å². The molecule has 98 valence electrons. The van der Waals surface area contributed by atoms with Crippen molar-refractivity contribution in [3.05, 3.63) is 16.1 Å². The van der Waals surface area contributed by atoms with Gasteiger partial charge in [0, 0.05) is 18.5 Å². The monoisotopic (exact) mass is 282 g/mol. The summed E-state index contributed by atoms with van der Waals surface area (Å²) in [5, 5.41) is 7.46. The largest absolute Gasteiger partial charge is 0.362 e. The lowest BCUT2D eigenvalue weighted by molar-refractivity contribution is 0.401. The lowest BCUT2D eigenvalue weighted by Gasteiger charge is -2.04. The van der Waals surface area contributed by atoms with E-state index in [1.165, 1.54) is 4.88 Å². The van der Waals surface area contributed by atoms with Gasteiger partial charge >= 0.3 is 0 Å². The fraction of sp³-hybridized carbons (Fsp3) is 0.500. The minimum Gasteiger partial charge on any atom is -0.362 e. The molecule has 0 spiro atoms. The summed E-state index contributed by atoms with van der Waals surface area (Å²) in [5.41, 5.74) is 2.11. The van der Waals surface area contributed by atoms with Gasteiger partial charge in [-0.25, -0.2) is 9.97 Å². The van der Waals surface area contributed by atoms with Crippen LogP contribution in [0, 0.1) is 6.92 Å². The third kappa shape index (κ3) is 3.07. The van der Waals surface area contributed by atoms with Crippen molar-refractivity contribution in [3.8, 4) is 10.6 Å². The van der Waals surface area contributed by atoms with Crippen LogP contribution >= 0.6 is 22.7 Å². The Morgan fingerprint density at radius 3 is 2.78 bits per heavy atom. The zero-order valence-electron chi connectivity index (χ0n) is 11.1. The van der Waals surface area contributed by atoms with Gasteiger partial charge in [0.25, 0.3) is 0 Å². The van der Waals surface area contributed by atoms with Gasteiger partial charge in [-0.1, -0.05) is 0 Å². The fourth-order valence-electron chi connectivity index (χ4n) is 1.64. The SMILES string of the molecule is CCNc1nc(-c2sc(CN(C)C)nc2C)cs1. The van der Waals surface area contributed by atoms with Gasteiger partial charge in [0.15, 0.2) is 5.13 Å². The average Bonchev–Trinajstić information content (AvgIpc) is 2.85. The summed E-state index contributed by atoms with van der Waals surface area (Å²) in [5.74, 6) is 0. The summed E-state index contributed by atoms with van der Waals surface area (Å²) in [6, 6.07) is 0. The number of hydrogen-bond acceptors (Lipinski definition) is 6. The molecule has 0 radical (unpaired) electrons. The van der Waals surface area contributed by atoms with Crippen molar-refractivity contribution in [1.29, 1.82) is 0 Å². The van der Waals surface area contributed by atoms with Gasteiger partial charge < -0.3 is 10.2 Å². The van der Waals surface area contributed by atoms with Crippen molar-refractivity contribution in [2.45, 2.75) is 20.4 Å². The maximum Gasteiger partial charge on any atom is 0.183 e. The third-order valence-corrected chi connectivity index (χ3v) is 4.32. The molecule has 0 unspecified atom stereocenters. The highest BCUT2D eigenvalue weighted by Gasteiger charge is 2.13. The van der Waals surface area contributed by atoms with Crippen LogP contribution in [0.4, 0.5) is 5.13 Å². The molecule has 0 saturated heterocycles. The Labute approximate surface area is 116 Å². The van der Waals surface area contributed by atoms with Crippen molar-refractivity contribution < 1.29 is 0 Å². The molecule has 6 heteroatoms. The molecule has 4 nitrogen and oxygen atoms in total. The van der Waals surface area contributed by atoms with E-state index in [0.29, 0.717) is 0 Å². The highest BCUT2D eigenvalue weighted by molar-refractivity contribution is 7.16. The molecule has 0 bridgehead atoms. The normalized spacial score (nSPS) is 11.2. The lowest BCUT2D eigenvalue weighted by Crippen LogP contribution is -2.10. The summed E-state index contributed by atoms with van der Waals surface area (Å²) in [4.78, 5) is 12.5. The number of hydrogen-bond donors (Lipinski definition) is 1. The molecule has 2 rings (SSSR count). The number of rotatable bonds is 5. The molecule has 0 fully saturated rings. The van der Waals surface area contributed by atoms with Crippen molar-refractivity contribution in [1.82, 2.24) is 14.9 Å². The van der Waals surface area contributed by atoms with Gasteiger partial charge in [-0.05, 0) is 27.9 Å². The minimum atomic E-state index is 0.885. The van der Waals surface area contributed by atoms with Gasteiger partial charge in [-0.2, -0.15) is 0 Å². The molecule has 2 aromatic rings. The molecule has 0 atom stereocenters. The molecule has 0 aliphatic rings. The average molecular weight is 282 g/mol. The molecule has 2 aromatic heterocycles. The zero-order chi connectivity index (χ0) is 13.1. The summed E-state index contributed by atoms with van der Waals surface area (Å²) >= 11 is 3.38. The Hall–Kier alpha value is -0.980. The molecule has 0 aliphatic carbocycles. The van der Waals surface area contributed by atoms with Crippen LogP contribution in [-0.2, 0) is 6.54 Å². The third-order valence-electron chi connectivity index (χ3n) is 2.36. The molecular formula is C12H18N4S2. The topological polar surface area (TPSA) is 41.1 Å². The molecule has 18 heavy (non-hydrogen) atoms. The number of thiazole rings is 2. The predicted molar refractivity (Wildman–Crippen MR) is 79.5 cm³/mol. The minimum absolute atomic E-state index is 0.885. The van der Waals surface area contributed by atoms with Crippen molar-refractivity contribution >= 4 is 27.8 Å². The number of anilines is 1. The van der Waals surface area contributed by atoms with Gasteiger partial charge in [0.2, 0.25) is 0 Å². The van der Waals surface area contributed by atoms with E-state index in [4.69, 9.17) is 0 Å². The highest BCUT2D eigenvalue weighted by atomic mass is 32.1. The van der Waals surface area contributed by atoms with Crippen molar-refractivity contribution in [2.75, 3.05) is 26.0 Å². The second kappa shape index (κ2) is 5.77. The number of nitrogens with one attached hydrogen (secondary N) is 1. The first-order valence-corrected chi connectivity index (χ1v) is 7.60. The van der Waals surface area contributed by atoms with E-state index in [9.17, 15) is 0 Å². The van der Waals surface area contributed by atoms with E-state index in [0.717, 1.165) is 34.6 Å². The Morgan fingerprint density at radius 1 is 1.33 bits per heavy atom. The first kappa shape index (κ1) is 13.5. The van der Waals surface area contributed by atoms with E-state index >= 15 is 0 Å². The molecule has 0 amide bonds. The molecule has 2 heterocycles. The lowest BCUT2D eigenvalue weighted by atomic mass is 10.3. The predicted octanol–water partition coefficient (Wildman–Crippen LogP) is 3.07. The maximum atomic E-state index is 4.60. The number of aryl methyl sites for hydroxylation is 1. The van der Waals surface area contributed by atoms with Crippen LogP contribution in [0.2, 0.25) is 0 Å². The van der Waals surface area contributed by atoms with E-state index in [2.05, 4.69) is 53.5 Å². The second-order valence-electron chi connectivity index (χ2n) is 4.33. The Bertz CT molecular complexity index is 516. The standard InChI is InChI=1S/C12H18N4S2/c1-5-13-12-15-9(7-17-12)11-8(2)14-10(18-11)6-16(3)4/h7H,5-6H2,1-4H3,(H,13,15). The van der Waals surface area contributed by atoms with Crippen molar-refractivity contribution in [3.63, 3.8) is 0 Å². The smallest absolute Gasteiger partial charge is 0.183 e. The Balaban J connectivity index is 2.23. The van der Waals surface area contributed by atoms with Crippen molar-refractivity contribution in [2.24, 2.45) is 0 Å². The number of aromatic nitrogens is 2. The second-order valence-corrected chi connectivity index (χ2v) is 6.27. The summed E-state index contributed by atoms with van der Waals surface area (Å²) in [6.07, 6.45) is 0. The zero-order valence-corrected chi connectivity index (χ0v) is 12.8. The van der Waals surface area contributed by atoms with Crippen LogP contribution in [0.1, 0.15) is 17.6 Å². The molecular weight excluding hydrogens is 264 g/mol. The van der Waals surface area contributed by atoms with Gasteiger partial charge in [0.1, 0.15) is 5.01 Å². The van der Waals surface area contributed by atoms with Crippen LogP contribution in [0.5, 0.6) is 0 Å². The van der Waals surface area contributed by atoms with Crippen LogP contribution in [0.3, 0.4) is 0 Å². The van der Waals surface area contributed by atoms with Crippen LogP contribution in [0.25, 0.3) is 10.6 Å². The Kier molecular flexibility index (Phi) is 4.31. The highest BCUT2D eigenvalue weighted by Crippen LogP contribution is 2.32.